The van der Waals surface area contributed by atoms with Crippen LogP contribution in [0.3, 0.4) is 0 Å². The van der Waals surface area contributed by atoms with Crippen LogP contribution in [0, 0.1) is 58.1 Å². The van der Waals surface area contributed by atoms with Gasteiger partial charge in [0.15, 0.2) is 0 Å². The summed E-state index contributed by atoms with van der Waals surface area (Å²) in [5, 5.41) is 22.2. The van der Waals surface area contributed by atoms with E-state index in [2.05, 4.69) is 25.5 Å². The lowest BCUT2D eigenvalue weighted by atomic mass is 9.41. The molecule has 0 saturated heterocycles. The number of aliphatic hydroxyl groups excluding tert-OH is 2. The van der Waals surface area contributed by atoms with Crippen LogP contribution in [0.15, 0.2) is 29.2 Å². The maximum Gasteiger partial charge on any atom is 0.264 e. The van der Waals surface area contributed by atoms with Crippen molar-refractivity contribution >= 4 is 15.9 Å². The number of carbonyl (C=O) groups is 1. The van der Waals surface area contributed by atoms with Gasteiger partial charge < -0.3 is 10.2 Å². The van der Waals surface area contributed by atoms with Crippen molar-refractivity contribution in [1.29, 1.82) is 0 Å². The van der Waals surface area contributed by atoms with Gasteiger partial charge in [-0.25, -0.2) is 21.9 Å². The van der Waals surface area contributed by atoms with Gasteiger partial charge in [0.2, 0.25) is 5.91 Å². The van der Waals surface area contributed by atoms with Crippen LogP contribution in [-0.2, 0) is 14.8 Å². The summed E-state index contributed by atoms with van der Waals surface area (Å²) in [7, 11) is -4.06. The number of fused-ring (bicyclic) bond motifs is 5. The fourth-order valence-corrected chi connectivity index (χ4v) is 11.4. The second-order valence-electron chi connectivity index (χ2n) is 14.2. The Morgan fingerprint density at radius 3 is 2.34 bits per heavy atom. The van der Waals surface area contributed by atoms with Crippen LogP contribution in [0.25, 0.3) is 0 Å². The minimum Gasteiger partial charge on any atom is -0.393 e. The molecule has 41 heavy (non-hydrogen) atoms. The highest BCUT2D eigenvalue weighted by Crippen LogP contribution is 2.69. The van der Waals surface area contributed by atoms with Gasteiger partial charge in [-0.1, -0.05) is 34.1 Å². The highest BCUT2D eigenvalue weighted by molar-refractivity contribution is 7.90. The zero-order valence-electron chi connectivity index (χ0n) is 24.7. The van der Waals surface area contributed by atoms with Crippen molar-refractivity contribution in [3.63, 3.8) is 0 Å². The summed E-state index contributed by atoms with van der Waals surface area (Å²) in [6.45, 7) is 8.74. The molecular formula is C32H47F2NO5S. The summed E-state index contributed by atoms with van der Waals surface area (Å²) in [5.74, 6) is -0.443. The summed E-state index contributed by atoms with van der Waals surface area (Å²) in [5.41, 5.74) is -0.245. The lowest BCUT2D eigenvalue weighted by Crippen LogP contribution is -2.65. The number of benzene rings is 1. The number of amides is 1. The van der Waals surface area contributed by atoms with Crippen LogP contribution in [-0.4, -0.2) is 42.9 Å². The molecule has 0 bridgehead atoms. The summed E-state index contributed by atoms with van der Waals surface area (Å²) in [4.78, 5) is 12.5. The van der Waals surface area contributed by atoms with E-state index in [-0.39, 0.29) is 51.7 Å². The quantitative estimate of drug-likeness (QED) is 0.380. The average molecular weight is 596 g/mol. The predicted octanol–water partition coefficient (Wildman–Crippen LogP) is 5.62. The van der Waals surface area contributed by atoms with Crippen LogP contribution in [0.1, 0.15) is 85.5 Å². The number of hydrogen-bond donors (Lipinski definition) is 3. The van der Waals surface area contributed by atoms with Crippen LogP contribution in [0.5, 0.6) is 0 Å². The third kappa shape index (κ3) is 5.16. The Hall–Kier alpha value is -1.58. The molecule has 1 amide bonds. The summed E-state index contributed by atoms with van der Waals surface area (Å²) in [6.07, 6.45) is 3.67. The molecule has 4 saturated carbocycles. The molecular weight excluding hydrogens is 548 g/mol. The molecule has 12 atom stereocenters. The first-order valence-electron chi connectivity index (χ1n) is 15.6. The molecule has 230 valence electrons. The summed E-state index contributed by atoms with van der Waals surface area (Å²) < 4.78 is 56.0. The number of rotatable bonds is 7. The molecule has 4 unspecified atom stereocenters. The molecule has 1 aromatic rings. The Morgan fingerprint density at radius 1 is 1.05 bits per heavy atom. The van der Waals surface area contributed by atoms with Crippen molar-refractivity contribution in [1.82, 2.24) is 4.72 Å². The first-order valence-corrected chi connectivity index (χ1v) is 17.0. The van der Waals surface area contributed by atoms with Gasteiger partial charge >= 0.3 is 0 Å². The Balaban J connectivity index is 1.28. The van der Waals surface area contributed by atoms with Crippen molar-refractivity contribution in [2.24, 2.45) is 52.3 Å². The number of halogens is 2. The van der Waals surface area contributed by atoms with Crippen LogP contribution >= 0.6 is 0 Å². The van der Waals surface area contributed by atoms with E-state index in [1.54, 1.807) is 0 Å². The number of nitrogens with one attached hydrogen (secondary N) is 1. The van der Waals surface area contributed by atoms with Gasteiger partial charge in [0.05, 0.1) is 17.1 Å². The van der Waals surface area contributed by atoms with Crippen LogP contribution in [0.4, 0.5) is 8.78 Å². The minimum absolute atomic E-state index is 0.0109. The maximum absolute atomic E-state index is 15.6. The molecule has 4 aliphatic rings. The highest BCUT2D eigenvalue weighted by Gasteiger charge is 2.66. The van der Waals surface area contributed by atoms with E-state index >= 15 is 4.39 Å². The molecule has 3 N–H and O–H groups in total. The largest absolute Gasteiger partial charge is 0.393 e. The van der Waals surface area contributed by atoms with Gasteiger partial charge in [0.1, 0.15) is 12.0 Å². The standard InChI is InChI=1S/C32H47F2NO5S/c1-5-21-28-29(34)25(36)15-17-32(28,4)24-14-16-31(3)22(11-12-23(31)27(24)30(21)38)18(2)6-13-26(37)35-41(39,40)20-9-7-19(33)8-10-20/h7-10,18,21-25,27-30,36,38H,5-6,11-17H2,1-4H3,(H,35,37)/t18-,21-,22?,23?,24?,25-,27?,28-,29+,30-,31-,32-/m1/s1. The molecule has 4 fully saturated rings. The monoisotopic (exact) mass is 595 g/mol. The van der Waals surface area contributed by atoms with Gasteiger partial charge in [0, 0.05) is 12.3 Å². The van der Waals surface area contributed by atoms with E-state index in [0.717, 1.165) is 56.4 Å². The highest BCUT2D eigenvalue weighted by atomic mass is 32.2. The maximum atomic E-state index is 15.6. The first-order chi connectivity index (χ1) is 19.2. The summed E-state index contributed by atoms with van der Waals surface area (Å²) >= 11 is 0. The molecule has 0 aliphatic heterocycles. The lowest BCUT2D eigenvalue weighted by Gasteiger charge is -2.65. The van der Waals surface area contributed by atoms with E-state index in [4.69, 9.17) is 0 Å². The Bertz CT molecular complexity index is 1230. The van der Waals surface area contributed by atoms with Gasteiger partial charge in [0.25, 0.3) is 10.0 Å². The number of aliphatic hydroxyl groups is 2. The van der Waals surface area contributed by atoms with Crippen molar-refractivity contribution < 1.29 is 32.2 Å². The molecule has 0 heterocycles. The predicted molar refractivity (Wildman–Crippen MR) is 152 cm³/mol. The first kappa shape index (κ1) is 30.9. The molecule has 0 spiro atoms. The van der Waals surface area contributed by atoms with Crippen molar-refractivity contribution in [2.75, 3.05) is 0 Å². The van der Waals surface area contributed by atoms with Crippen LogP contribution in [0.2, 0.25) is 0 Å². The van der Waals surface area contributed by atoms with E-state index in [9.17, 15) is 27.8 Å². The minimum atomic E-state index is -4.06. The Kier molecular flexibility index (Phi) is 8.40. The van der Waals surface area contributed by atoms with Gasteiger partial charge in [-0.15, -0.1) is 0 Å². The Labute approximate surface area is 243 Å². The Morgan fingerprint density at radius 2 is 1.68 bits per heavy atom. The van der Waals surface area contributed by atoms with Crippen LogP contribution < -0.4 is 4.72 Å². The van der Waals surface area contributed by atoms with Crippen molar-refractivity contribution in [3.05, 3.63) is 30.1 Å². The topological polar surface area (TPSA) is 104 Å². The molecule has 9 heteroatoms. The van der Waals surface area contributed by atoms with E-state index < -0.39 is 40.1 Å². The molecule has 0 aromatic heterocycles. The van der Waals surface area contributed by atoms with Gasteiger partial charge in [-0.3, -0.25) is 4.79 Å². The third-order valence-corrected chi connectivity index (χ3v) is 13.7. The van der Waals surface area contributed by atoms with Crippen molar-refractivity contribution in [2.45, 2.75) is 109 Å². The van der Waals surface area contributed by atoms with Gasteiger partial charge in [-0.05, 0) is 116 Å². The second-order valence-corrected chi connectivity index (χ2v) is 15.8. The van der Waals surface area contributed by atoms with E-state index in [1.807, 2.05) is 6.92 Å². The second kappa shape index (κ2) is 11.2. The third-order valence-electron chi connectivity index (χ3n) is 12.4. The zero-order valence-corrected chi connectivity index (χ0v) is 25.5. The molecule has 4 aliphatic carbocycles. The zero-order chi connectivity index (χ0) is 29.9. The van der Waals surface area contributed by atoms with E-state index in [0.29, 0.717) is 31.1 Å². The molecule has 6 nitrogen and oxygen atoms in total. The smallest absolute Gasteiger partial charge is 0.264 e. The molecule has 0 radical (unpaired) electrons. The molecule has 1 aromatic carbocycles. The average Bonchev–Trinajstić information content (AvgIpc) is 3.28. The van der Waals surface area contributed by atoms with Crippen molar-refractivity contribution in [3.8, 4) is 0 Å². The number of carbonyl (C=O) groups excluding carboxylic acids is 1. The normalized spacial score (nSPS) is 43.0. The fraction of sp³-hybridized carbons (Fsp3) is 0.781. The lowest BCUT2D eigenvalue weighted by molar-refractivity contribution is -0.222. The number of hydrogen-bond acceptors (Lipinski definition) is 5. The number of alkyl halides is 1. The number of sulfonamides is 1. The molecule has 5 rings (SSSR count). The summed E-state index contributed by atoms with van der Waals surface area (Å²) in [6, 6.07) is 4.37. The van der Waals surface area contributed by atoms with Gasteiger partial charge in [-0.2, -0.15) is 0 Å². The van der Waals surface area contributed by atoms with E-state index in [1.165, 1.54) is 0 Å². The SMILES string of the molecule is CC[C@@H]1[C@@H]2[C@@H](F)[C@H](O)CC[C@]2(C)C2CC[C@@]3(C)C(CCC3[C@H](C)CCC(=O)NS(=O)(=O)c3ccc(F)cc3)C2[C@@H]1O. The fourth-order valence-electron chi connectivity index (χ4n) is 10.4.